The first-order valence-electron chi connectivity index (χ1n) is 9.39. The minimum absolute atomic E-state index is 0.0262. The van der Waals surface area contributed by atoms with Gasteiger partial charge < -0.3 is 0 Å². The predicted molar refractivity (Wildman–Crippen MR) is 168 cm³/mol. The summed E-state index contributed by atoms with van der Waals surface area (Å²) in [7, 11) is 0. The first-order valence-corrected chi connectivity index (χ1v) is 14.6. The van der Waals surface area contributed by atoms with Crippen LogP contribution in [0.3, 0.4) is 0 Å². The Kier molecular flexibility index (Phi) is 8.51. The standard InChI is InChI=1S/C20Cl14N4/c21-1-2(22)14-10(30)18-7(27)8(28)20(38(18)34)12(32)16-4(24)3(23)15(36-16)11(31)19-6(26)5(25)17(37(19)33)9(29)13(1)35-14. The van der Waals surface area contributed by atoms with Crippen molar-refractivity contribution in [1.82, 2.24) is 18.1 Å². The molecular weight excluding hydrogens is 793 g/mol. The number of hydrogen-bond acceptors (Lipinski definition) is 2. The van der Waals surface area contributed by atoms with Gasteiger partial charge in [-0.3, -0.25) is 0 Å². The maximum Gasteiger partial charge on any atom is 0.105 e. The van der Waals surface area contributed by atoms with Crippen molar-refractivity contribution in [2.75, 3.05) is 0 Å². The summed E-state index contributed by atoms with van der Waals surface area (Å²) >= 11 is 91.8. The molecule has 0 radical (unpaired) electrons. The SMILES string of the molecule is ClC1=C(Cl)c2nc1c(Cl)c1c(Cl)c(Cl)c(c(Cl)c3nc(c(Cl)c4c(Cl)c(Cl)c(c2Cl)n4Cl)C(Cl)=C3Cl)n1Cl. The van der Waals surface area contributed by atoms with E-state index in [0.29, 0.717) is 0 Å². The normalized spacial score (nSPS) is 13.8. The Hall–Kier alpha value is 0.660. The smallest absolute Gasteiger partial charge is 0.105 e. The van der Waals surface area contributed by atoms with Crippen molar-refractivity contribution in [3.05, 3.63) is 63.0 Å². The van der Waals surface area contributed by atoms with E-state index < -0.39 is 0 Å². The fourth-order valence-corrected chi connectivity index (χ4v) is 8.23. The molecule has 0 saturated heterocycles. The van der Waals surface area contributed by atoms with Gasteiger partial charge in [0.05, 0.1) is 82.4 Å². The van der Waals surface area contributed by atoms with E-state index in [0.717, 1.165) is 8.17 Å². The molecule has 4 nitrogen and oxygen atoms in total. The number of hydrogen-bond donors (Lipinski definition) is 0. The summed E-state index contributed by atoms with van der Waals surface area (Å²) in [5.41, 5.74) is -0.295. The zero-order valence-electron chi connectivity index (χ0n) is 17.1. The second-order valence-electron chi connectivity index (χ2n) is 7.34. The Morgan fingerprint density at radius 1 is 0.316 bits per heavy atom. The van der Waals surface area contributed by atoms with Crippen molar-refractivity contribution in [1.29, 1.82) is 0 Å². The van der Waals surface area contributed by atoms with Crippen molar-refractivity contribution in [3.8, 4) is 0 Å². The van der Waals surface area contributed by atoms with E-state index >= 15 is 0 Å². The van der Waals surface area contributed by atoms with Crippen LogP contribution in [0.2, 0.25) is 40.2 Å². The molecule has 5 heterocycles. The van der Waals surface area contributed by atoms with Gasteiger partial charge in [-0.25, -0.2) is 18.1 Å². The summed E-state index contributed by atoms with van der Waals surface area (Å²) in [6.45, 7) is 0. The number of halogens is 14. The highest BCUT2D eigenvalue weighted by atomic mass is 35.5. The predicted octanol–water partition coefficient (Wildman–Crippen LogP) is 13.1. The average Bonchev–Trinajstić information content (AvgIpc) is 3.48. The van der Waals surface area contributed by atoms with Gasteiger partial charge in [-0.05, 0) is 0 Å². The molecule has 0 fully saturated rings. The molecule has 3 aromatic heterocycles. The molecule has 0 aromatic carbocycles. The summed E-state index contributed by atoms with van der Waals surface area (Å²) in [6, 6.07) is 0. The van der Waals surface area contributed by atoms with E-state index in [1.165, 1.54) is 0 Å². The molecule has 0 amide bonds. The first-order chi connectivity index (χ1) is 17.7. The maximum absolute atomic E-state index is 6.67. The molecule has 2 aliphatic rings. The Morgan fingerprint density at radius 3 is 0.684 bits per heavy atom. The minimum atomic E-state index is -0.153. The van der Waals surface area contributed by atoms with Crippen LogP contribution in [-0.4, -0.2) is 18.1 Å². The van der Waals surface area contributed by atoms with Gasteiger partial charge in [0.25, 0.3) is 0 Å². The Balaban J connectivity index is 2.20. The lowest BCUT2D eigenvalue weighted by molar-refractivity contribution is 1.28. The molecule has 8 bridgehead atoms. The largest absolute Gasteiger partial charge is 0.247 e. The van der Waals surface area contributed by atoms with Crippen molar-refractivity contribution in [3.63, 3.8) is 0 Å². The van der Waals surface area contributed by atoms with Crippen LogP contribution in [0.15, 0.2) is 0 Å². The third-order valence-electron chi connectivity index (χ3n) is 5.33. The first kappa shape index (κ1) is 30.1. The summed E-state index contributed by atoms with van der Waals surface area (Å²) in [5, 5.41) is -1.35. The number of nitrogens with zero attached hydrogens (tertiary/aromatic N) is 4. The summed E-state index contributed by atoms with van der Waals surface area (Å²) in [4.78, 5) is 8.77. The van der Waals surface area contributed by atoms with Crippen LogP contribution >= 0.6 is 163 Å². The lowest BCUT2D eigenvalue weighted by Gasteiger charge is -2.01. The lowest BCUT2D eigenvalue weighted by Crippen LogP contribution is -1.88. The molecule has 2 aliphatic heterocycles. The number of fused-ring (bicyclic) bond motifs is 8. The molecule has 0 unspecified atom stereocenters. The Morgan fingerprint density at radius 2 is 0.500 bits per heavy atom. The molecular formula is C20Cl14N4. The van der Waals surface area contributed by atoms with E-state index in [1.807, 2.05) is 0 Å². The molecule has 0 aliphatic carbocycles. The van der Waals surface area contributed by atoms with E-state index in [9.17, 15) is 0 Å². The quantitative estimate of drug-likeness (QED) is 0.227. The van der Waals surface area contributed by atoms with Crippen molar-refractivity contribution < 1.29 is 0 Å². The zero-order valence-corrected chi connectivity index (χ0v) is 27.7. The van der Waals surface area contributed by atoms with Crippen LogP contribution < -0.4 is 0 Å². The summed E-state index contributed by atoms with van der Waals surface area (Å²) in [6.07, 6.45) is 0. The second-order valence-corrected chi connectivity index (χ2v) is 12.6. The van der Waals surface area contributed by atoms with Gasteiger partial charge in [0.15, 0.2) is 0 Å². The molecule has 3 aromatic rings. The highest BCUT2D eigenvalue weighted by molar-refractivity contribution is 6.68. The molecule has 38 heavy (non-hydrogen) atoms. The third kappa shape index (κ3) is 4.26. The molecule has 0 atom stereocenters. The molecule has 0 N–H and O–H groups in total. The van der Waals surface area contributed by atoms with Crippen LogP contribution in [0.5, 0.6) is 0 Å². The number of rotatable bonds is 0. The molecule has 0 saturated carbocycles. The van der Waals surface area contributed by atoms with E-state index in [1.54, 1.807) is 0 Å². The number of aromatic nitrogens is 4. The second kappa shape index (κ2) is 10.7. The monoisotopic (exact) mass is 786 g/mol. The van der Waals surface area contributed by atoms with Gasteiger partial charge >= 0.3 is 0 Å². The van der Waals surface area contributed by atoms with Crippen molar-refractivity contribution in [2.24, 2.45) is 0 Å². The van der Waals surface area contributed by atoms with Crippen LogP contribution in [0.4, 0.5) is 0 Å². The van der Waals surface area contributed by atoms with Gasteiger partial charge in [0.1, 0.15) is 22.8 Å². The fourth-order valence-electron chi connectivity index (χ4n) is 3.58. The van der Waals surface area contributed by atoms with Gasteiger partial charge in [-0.1, -0.05) is 139 Å². The highest BCUT2D eigenvalue weighted by Crippen LogP contribution is 2.51. The van der Waals surface area contributed by atoms with Crippen LogP contribution in [0.25, 0.3) is 42.2 Å². The average molecular weight is 793 g/mol. The minimum Gasteiger partial charge on any atom is -0.247 e. The fraction of sp³-hybridized carbons (Fsp3) is 0. The summed E-state index contributed by atoms with van der Waals surface area (Å²) < 4.78 is 1.97. The van der Waals surface area contributed by atoms with Gasteiger partial charge in [0, 0.05) is 23.6 Å². The summed E-state index contributed by atoms with van der Waals surface area (Å²) in [5.74, 6) is 0. The van der Waals surface area contributed by atoms with Gasteiger partial charge in [-0.2, -0.15) is 0 Å². The maximum atomic E-state index is 6.67. The highest BCUT2D eigenvalue weighted by Gasteiger charge is 2.31. The van der Waals surface area contributed by atoms with Gasteiger partial charge in [0.2, 0.25) is 0 Å². The molecule has 18 heteroatoms. The van der Waals surface area contributed by atoms with E-state index in [2.05, 4.69) is 9.97 Å². The van der Waals surface area contributed by atoms with Crippen LogP contribution in [0.1, 0.15) is 22.8 Å². The van der Waals surface area contributed by atoms with Crippen LogP contribution in [0, 0.1) is 0 Å². The van der Waals surface area contributed by atoms with E-state index in [4.69, 9.17) is 163 Å². The molecule has 5 rings (SSSR count). The van der Waals surface area contributed by atoms with Crippen molar-refractivity contribution in [2.45, 2.75) is 0 Å². The third-order valence-corrected chi connectivity index (χ3v) is 10.8. The Labute approximate surface area is 283 Å². The van der Waals surface area contributed by atoms with Crippen LogP contribution in [-0.2, 0) is 0 Å². The lowest BCUT2D eigenvalue weighted by atomic mass is 10.3. The van der Waals surface area contributed by atoms with Crippen molar-refractivity contribution >= 4 is 205 Å². The Bertz CT molecular complexity index is 1610. The van der Waals surface area contributed by atoms with Gasteiger partial charge in [-0.15, -0.1) is 0 Å². The topological polar surface area (TPSA) is 35.6 Å². The molecule has 198 valence electrons. The zero-order chi connectivity index (χ0) is 28.1. The molecule has 0 spiro atoms. The van der Waals surface area contributed by atoms with E-state index in [-0.39, 0.29) is 105 Å².